The highest BCUT2D eigenvalue weighted by Crippen LogP contribution is 2.05. The lowest BCUT2D eigenvalue weighted by Gasteiger charge is -2.24. The van der Waals surface area contributed by atoms with Crippen molar-refractivity contribution in [3.05, 3.63) is 0 Å². The normalized spacial score (nSPS) is 13.8. The van der Waals surface area contributed by atoms with Crippen LogP contribution in [0.15, 0.2) is 4.99 Å². The summed E-state index contributed by atoms with van der Waals surface area (Å²) in [5.41, 5.74) is 26.6. The number of amides is 5. The van der Waals surface area contributed by atoms with E-state index in [9.17, 15) is 33.9 Å². The molecule has 0 aromatic heterocycles. The van der Waals surface area contributed by atoms with Crippen LogP contribution in [0.25, 0.3) is 0 Å². The highest BCUT2D eigenvalue weighted by Gasteiger charge is 2.31. The summed E-state index contributed by atoms with van der Waals surface area (Å²) in [6.07, 6.45) is 1.20. The highest BCUT2D eigenvalue weighted by atomic mass is 32.2. The van der Waals surface area contributed by atoms with Gasteiger partial charge < -0.3 is 49.7 Å². The maximum Gasteiger partial charge on any atom is 0.326 e. The monoisotopic (exact) mass is 547 g/mol. The number of hydrogen-bond acceptors (Lipinski definition) is 9. The van der Waals surface area contributed by atoms with Crippen molar-refractivity contribution in [1.29, 1.82) is 0 Å². The lowest BCUT2D eigenvalue weighted by Crippen LogP contribution is -2.57. The zero-order valence-corrected chi connectivity index (χ0v) is 21.4. The van der Waals surface area contributed by atoms with Crippen molar-refractivity contribution in [2.45, 2.75) is 62.7 Å². The zero-order valence-electron chi connectivity index (χ0n) is 20.6. The molecule has 0 heterocycles. The number of guanidine groups is 1. The maximum atomic E-state index is 12.9. The first kappa shape index (κ1) is 33.4. The fraction of sp³-hybridized carbons (Fsp3) is 0.650. The van der Waals surface area contributed by atoms with Crippen molar-refractivity contribution in [3.63, 3.8) is 0 Å². The van der Waals surface area contributed by atoms with Gasteiger partial charge in [0.1, 0.15) is 18.1 Å². The molecule has 0 spiro atoms. The lowest BCUT2D eigenvalue weighted by molar-refractivity contribution is -0.142. The van der Waals surface area contributed by atoms with Crippen LogP contribution in [0.2, 0.25) is 0 Å². The predicted octanol–water partition coefficient (Wildman–Crippen LogP) is -4.20. The number of hydrogen-bond donors (Lipinski definition) is 9. The molecule has 0 saturated heterocycles. The predicted molar refractivity (Wildman–Crippen MR) is 137 cm³/mol. The summed E-state index contributed by atoms with van der Waals surface area (Å²) in [5, 5.41) is 16.3. The van der Waals surface area contributed by atoms with Gasteiger partial charge in [-0.25, -0.2) is 4.79 Å². The van der Waals surface area contributed by atoms with Crippen molar-refractivity contribution in [1.82, 2.24) is 16.0 Å². The summed E-state index contributed by atoms with van der Waals surface area (Å²) in [7, 11) is 0. The minimum Gasteiger partial charge on any atom is -0.480 e. The molecular weight excluding hydrogens is 510 g/mol. The zero-order chi connectivity index (χ0) is 28.5. The number of carbonyl (C=O) groups is 6. The van der Waals surface area contributed by atoms with E-state index < -0.39 is 66.1 Å². The molecule has 0 aliphatic carbocycles. The van der Waals surface area contributed by atoms with Gasteiger partial charge in [-0.2, -0.15) is 11.8 Å². The van der Waals surface area contributed by atoms with E-state index in [1.54, 1.807) is 6.26 Å². The number of nitrogens with one attached hydrogen (secondary N) is 3. The molecule has 0 radical (unpaired) electrons. The topological polar surface area (TPSA) is 301 Å². The summed E-state index contributed by atoms with van der Waals surface area (Å²) in [6, 6.07) is -5.20. The molecule has 0 fully saturated rings. The molecule has 0 aliphatic rings. The Morgan fingerprint density at radius 1 is 0.811 bits per heavy atom. The van der Waals surface area contributed by atoms with Crippen LogP contribution in [0, 0.1) is 0 Å². The van der Waals surface area contributed by atoms with E-state index in [2.05, 4.69) is 20.9 Å². The summed E-state index contributed by atoms with van der Waals surface area (Å²) >= 11 is 1.38. The van der Waals surface area contributed by atoms with Crippen LogP contribution in [-0.2, 0) is 28.8 Å². The Kier molecular flexibility index (Phi) is 16.0. The largest absolute Gasteiger partial charge is 0.480 e. The van der Waals surface area contributed by atoms with Crippen LogP contribution in [-0.4, -0.2) is 89.3 Å². The third-order valence-corrected chi connectivity index (χ3v) is 5.52. The summed E-state index contributed by atoms with van der Waals surface area (Å²) in [4.78, 5) is 76.1. The molecular formula is C20H37N9O7S. The van der Waals surface area contributed by atoms with E-state index in [0.29, 0.717) is 12.2 Å². The average Bonchev–Trinajstić information content (AvgIpc) is 2.80. The van der Waals surface area contributed by atoms with Gasteiger partial charge in [0.2, 0.25) is 29.5 Å². The summed E-state index contributed by atoms with van der Waals surface area (Å²) in [5.74, 6) is -5.29. The van der Waals surface area contributed by atoms with Gasteiger partial charge in [0.05, 0.1) is 12.5 Å². The van der Waals surface area contributed by atoms with Crippen LogP contribution in [0.3, 0.4) is 0 Å². The first-order valence-electron chi connectivity index (χ1n) is 11.3. The van der Waals surface area contributed by atoms with Gasteiger partial charge in [-0.1, -0.05) is 0 Å². The molecule has 0 aromatic rings. The van der Waals surface area contributed by atoms with E-state index in [1.165, 1.54) is 11.8 Å². The standard InChI is InChI=1S/C20H37N9O7S/c1-37-8-6-12(19(35)36)28-17(33)11(4-5-14(22)30)27-18(34)13(9-15(23)31)29-16(32)10(21)3-2-7-26-20(24)25/h10-13H,2-9,21H2,1H3,(H2,22,30)(H2,23,31)(H,27,34)(H,28,33)(H,29,32)(H,35,36)(H4,24,25,26). The number of thioether (sulfide) groups is 1. The number of carboxylic acid groups (broad SMARTS) is 1. The molecule has 0 aliphatic heterocycles. The van der Waals surface area contributed by atoms with Gasteiger partial charge in [0.15, 0.2) is 5.96 Å². The molecule has 14 N–H and O–H groups in total. The van der Waals surface area contributed by atoms with Gasteiger partial charge in [-0.05, 0) is 37.7 Å². The molecule has 0 saturated carbocycles. The van der Waals surface area contributed by atoms with Crippen molar-refractivity contribution in [2.75, 3.05) is 18.6 Å². The SMILES string of the molecule is CSCCC(NC(=O)C(CCC(N)=O)NC(=O)C(CC(N)=O)NC(=O)C(N)CCCN=C(N)N)C(=O)O. The molecule has 210 valence electrons. The third-order valence-electron chi connectivity index (χ3n) is 4.88. The van der Waals surface area contributed by atoms with E-state index in [0.717, 1.165) is 0 Å². The molecule has 0 bridgehead atoms. The number of primary amides is 2. The van der Waals surface area contributed by atoms with Crippen molar-refractivity contribution >= 4 is 53.2 Å². The van der Waals surface area contributed by atoms with Gasteiger partial charge >= 0.3 is 5.97 Å². The Morgan fingerprint density at radius 3 is 1.89 bits per heavy atom. The van der Waals surface area contributed by atoms with E-state index in [4.69, 9.17) is 28.7 Å². The van der Waals surface area contributed by atoms with Crippen LogP contribution in [0.1, 0.15) is 38.5 Å². The van der Waals surface area contributed by atoms with Crippen LogP contribution in [0.5, 0.6) is 0 Å². The number of aliphatic imine (C=N–C) groups is 1. The second-order valence-electron chi connectivity index (χ2n) is 8.03. The van der Waals surface area contributed by atoms with Crippen LogP contribution in [0.4, 0.5) is 0 Å². The quantitative estimate of drug-likeness (QED) is 0.0424. The lowest BCUT2D eigenvalue weighted by atomic mass is 10.1. The number of carboxylic acids is 1. The number of nitrogens with zero attached hydrogens (tertiary/aromatic N) is 1. The van der Waals surface area contributed by atoms with Gasteiger partial charge in [0, 0.05) is 13.0 Å². The Balaban J connectivity index is 5.47. The first-order valence-corrected chi connectivity index (χ1v) is 12.7. The fourth-order valence-corrected chi connectivity index (χ4v) is 3.40. The van der Waals surface area contributed by atoms with Crippen LogP contribution < -0.4 is 44.6 Å². The van der Waals surface area contributed by atoms with Gasteiger partial charge in [-0.3, -0.25) is 29.0 Å². The summed E-state index contributed by atoms with van der Waals surface area (Å²) in [6.45, 7) is 0.222. The number of carbonyl (C=O) groups excluding carboxylic acids is 5. The van der Waals surface area contributed by atoms with E-state index in [-0.39, 0.29) is 38.2 Å². The second kappa shape index (κ2) is 17.8. The third kappa shape index (κ3) is 15.2. The maximum absolute atomic E-state index is 12.9. The Hall–Kier alpha value is -3.60. The molecule has 4 unspecified atom stereocenters. The van der Waals surface area contributed by atoms with Crippen molar-refractivity contribution < 1.29 is 33.9 Å². The molecule has 37 heavy (non-hydrogen) atoms. The van der Waals surface area contributed by atoms with Crippen LogP contribution >= 0.6 is 11.8 Å². The van der Waals surface area contributed by atoms with Gasteiger partial charge in [-0.15, -0.1) is 0 Å². The van der Waals surface area contributed by atoms with E-state index in [1.807, 2.05) is 0 Å². The smallest absolute Gasteiger partial charge is 0.326 e. The minimum atomic E-state index is -1.50. The molecule has 0 rings (SSSR count). The Bertz CT molecular complexity index is 852. The number of rotatable bonds is 19. The molecule has 16 nitrogen and oxygen atoms in total. The average molecular weight is 548 g/mol. The van der Waals surface area contributed by atoms with E-state index >= 15 is 0 Å². The minimum absolute atomic E-state index is 0.111. The fourth-order valence-electron chi connectivity index (χ4n) is 2.93. The molecule has 17 heteroatoms. The molecule has 5 amide bonds. The Labute approximate surface area is 218 Å². The highest BCUT2D eigenvalue weighted by molar-refractivity contribution is 7.98. The first-order chi connectivity index (χ1) is 17.3. The number of aliphatic carboxylic acids is 1. The second-order valence-corrected chi connectivity index (χ2v) is 9.02. The van der Waals surface area contributed by atoms with Gasteiger partial charge in [0.25, 0.3) is 0 Å². The molecule has 0 aromatic carbocycles. The number of nitrogens with two attached hydrogens (primary N) is 5. The Morgan fingerprint density at radius 2 is 1.38 bits per heavy atom. The van der Waals surface area contributed by atoms with Crippen molar-refractivity contribution in [3.8, 4) is 0 Å². The summed E-state index contributed by atoms with van der Waals surface area (Å²) < 4.78 is 0. The molecule has 4 atom stereocenters. The van der Waals surface area contributed by atoms with Crippen molar-refractivity contribution in [2.24, 2.45) is 33.7 Å².